The van der Waals surface area contributed by atoms with Crippen molar-refractivity contribution < 1.29 is 9.90 Å². The highest BCUT2D eigenvalue weighted by Gasteiger charge is 2.20. The van der Waals surface area contributed by atoms with Gasteiger partial charge in [0.1, 0.15) is 6.04 Å². The van der Waals surface area contributed by atoms with E-state index in [0.29, 0.717) is 19.5 Å². The van der Waals surface area contributed by atoms with Crippen LogP contribution in [0.5, 0.6) is 0 Å². The average molecular weight is 262 g/mol. The van der Waals surface area contributed by atoms with Crippen LogP contribution in [0, 0.1) is 13.8 Å². The Hall–Kier alpha value is -2.04. The summed E-state index contributed by atoms with van der Waals surface area (Å²) in [6, 6.07) is 4.90. The van der Waals surface area contributed by atoms with Crippen molar-refractivity contribution in [1.82, 2.24) is 5.32 Å². The standard InChI is InChI=1S/C13H18N4O2/c1-9-5-3-6-11(10(9)2)12(13(18)19)15-7-4-8-16-17-14/h3,5-6,12,15H,4,7-8H2,1-2H3,(H,18,19). The van der Waals surface area contributed by atoms with Crippen molar-refractivity contribution in [1.29, 1.82) is 0 Å². The predicted molar refractivity (Wildman–Crippen MR) is 72.9 cm³/mol. The zero-order chi connectivity index (χ0) is 14.3. The van der Waals surface area contributed by atoms with E-state index in [-0.39, 0.29) is 0 Å². The summed E-state index contributed by atoms with van der Waals surface area (Å²) in [7, 11) is 0. The summed E-state index contributed by atoms with van der Waals surface area (Å²) in [5.74, 6) is -0.905. The van der Waals surface area contributed by atoms with Gasteiger partial charge in [0.15, 0.2) is 0 Å². The van der Waals surface area contributed by atoms with Gasteiger partial charge in [0.2, 0.25) is 0 Å². The summed E-state index contributed by atoms with van der Waals surface area (Å²) in [5.41, 5.74) is 11.0. The molecule has 0 saturated carbocycles. The van der Waals surface area contributed by atoms with E-state index >= 15 is 0 Å². The van der Waals surface area contributed by atoms with Crippen molar-refractivity contribution in [2.75, 3.05) is 13.1 Å². The molecule has 1 atom stereocenters. The Kier molecular flexibility index (Phi) is 5.85. The monoisotopic (exact) mass is 262 g/mol. The summed E-state index contributed by atoms with van der Waals surface area (Å²) in [4.78, 5) is 14.0. The number of hydrogen-bond donors (Lipinski definition) is 2. The molecular weight excluding hydrogens is 244 g/mol. The Labute approximate surface area is 112 Å². The van der Waals surface area contributed by atoms with Crippen molar-refractivity contribution in [3.05, 3.63) is 45.3 Å². The minimum absolute atomic E-state index is 0.364. The fraction of sp³-hybridized carbons (Fsp3) is 0.462. The molecule has 1 aromatic rings. The zero-order valence-corrected chi connectivity index (χ0v) is 11.1. The molecule has 0 saturated heterocycles. The van der Waals surface area contributed by atoms with E-state index in [2.05, 4.69) is 15.3 Å². The van der Waals surface area contributed by atoms with E-state index in [0.717, 1.165) is 16.7 Å². The highest BCUT2D eigenvalue weighted by atomic mass is 16.4. The molecule has 0 spiro atoms. The number of azide groups is 1. The number of aryl methyl sites for hydroxylation is 1. The van der Waals surface area contributed by atoms with Crippen LogP contribution in [-0.4, -0.2) is 24.2 Å². The maximum Gasteiger partial charge on any atom is 0.325 e. The molecule has 0 heterocycles. The van der Waals surface area contributed by atoms with Gasteiger partial charge >= 0.3 is 5.97 Å². The van der Waals surface area contributed by atoms with Crippen molar-refractivity contribution >= 4 is 5.97 Å². The van der Waals surface area contributed by atoms with E-state index in [9.17, 15) is 9.90 Å². The minimum atomic E-state index is -0.905. The van der Waals surface area contributed by atoms with E-state index < -0.39 is 12.0 Å². The van der Waals surface area contributed by atoms with E-state index in [4.69, 9.17) is 5.53 Å². The maximum absolute atomic E-state index is 11.3. The van der Waals surface area contributed by atoms with Crippen LogP contribution in [0.15, 0.2) is 23.3 Å². The molecule has 1 rings (SSSR count). The van der Waals surface area contributed by atoms with Crippen LogP contribution < -0.4 is 5.32 Å². The third-order valence-electron chi connectivity index (χ3n) is 3.05. The van der Waals surface area contributed by atoms with Gasteiger partial charge in [0.25, 0.3) is 0 Å². The van der Waals surface area contributed by atoms with E-state index in [1.54, 1.807) is 0 Å². The molecule has 0 aliphatic carbocycles. The molecule has 6 heteroatoms. The number of nitrogens with one attached hydrogen (secondary N) is 1. The first-order chi connectivity index (χ1) is 9.07. The molecule has 6 nitrogen and oxygen atoms in total. The Balaban J connectivity index is 2.75. The number of carboxylic acid groups (broad SMARTS) is 1. The van der Waals surface area contributed by atoms with Gasteiger partial charge in [-0.2, -0.15) is 0 Å². The molecule has 0 fully saturated rings. The number of benzene rings is 1. The number of hydrogen-bond acceptors (Lipinski definition) is 3. The summed E-state index contributed by atoms with van der Waals surface area (Å²) in [6.45, 7) is 4.73. The van der Waals surface area contributed by atoms with Gasteiger partial charge < -0.3 is 10.4 Å². The van der Waals surface area contributed by atoms with Crippen molar-refractivity contribution in [3.8, 4) is 0 Å². The summed E-state index contributed by atoms with van der Waals surface area (Å²) < 4.78 is 0. The van der Waals surface area contributed by atoms with Gasteiger partial charge in [0.05, 0.1) is 0 Å². The molecule has 0 aliphatic rings. The Morgan fingerprint density at radius 3 is 2.89 bits per heavy atom. The molecule has 0 amide bonds. The SMILES string of the molecule is Cc1cccc(C(NCCCN=[N+]=[N-])C(=O)O)c1C. The Morgan fingerprint density at radius 2 is 2.26 bits per heavy atom. The van der Waals surface area contributed by atoms with Gasteiger partial charge in [-0.05, 0) is 49.0 Å². The van der Waals surface area contributed by atoms with Crippen LogP contribution in [0.1, 0.15) is 29.2 Å². The van der Waals surface area contributed by atoms with Gasteiger partial charge in [-0.1, -0.05) is 23.3 Å². The van der Waals surface area contributed by atoms with Crippen LogP contribution in [0.3, 0.4) is 0 Å². The summed E-state index contributed by atoms with van der Waals surface area (Å²) in [5, 5.41) is 15.7. The van der Waals surface area contributed by atoms with E-state index in [1.165, 1.54) is 0 Å². The fourth-order valence-electron chi connectivity index (χ4n) is 1.86. The quantitative estimate of drug-likeness (QED) is 0.342. The third kappa shape index (κ3) is 4.28. The van der Waals surface area contributed by atoms with E-state index in [1.807, 2.05) is 32.0 Å². The fourth-order valence-corrected chi connectivity index (χ4v) is 1.86. The summed E-state index contributed by atoms with van der Waals surface area (Å²) in [6.07, 6.45) is 0.610. The second-order valence-electron chi connectivity index (χ2n) is 4.32. The molecule has 0 radical (unpaired) electrons. The Morgan fingerprint density at radius 1 is 1.53 bits per heavy atom. The lowest BCUT2D eigenvalue weighted by molar-refractivity contribution is -0.139. The van der Waals surface area contributed by atoms with Gasteiger partial charge in [0, 0.05) is 11.5 Å². The number of carbonyl (C=O) groups is 1. The lowest BCUT2D eigenvalue weighted by Gasteiger charge is -2.18. The third-order valence-corrected chi connectivity index (χ3v) is 3.05. The van der Waals surface area contributed by atoms with Crippen molar-refractivity contribution in [2.45, 2.75) is 26.3 Å². The molecule has 0 bridgehead atoms. The molecule has 1 aromatic carbocycles. The van der Waals surface area contributed by atoms with Gasteiger partial charge in [-0.3, -0.25) is 4.79 Å². The van der Waals surface area contributed by atoms with Crippen LogP contribution in [0.2, 0.25) is 0 Å². The highest BCUT2D eigenvalue weighted by Crippen LogP contribution is 2.20. The molecule has 0 aliphatic heterocycles. The van der Waals surface area contributed by atoms with Crippen LogP contribution >= 0.6 is 0 Å². The first kappa shape index (κ1) is 15.0. The largest absolute Gasteiger partial charge is 0.480 e. The molecular formula is C13H18N4O2. The Bertz CT molecular complexity index is 495. The normalized spacial score (nSPS) is 11.7. The first-order valence-electron chi connectivity index (χ1n) is 6.11. The van der Waals surface area contributed by atoms with Crippen LogP contribution in [0.25, 0.3) is 10.4 Å². The minimum Gasteiger partial charge on any atom is -0.480 e. The lowest BCUT2D eigenvalue weighted by atomic mass is 9.97. The second-order valence-corrected chi connectivity index (χ2v) is 4.32. The van der Waals surface area contributed by atoms with Gasteiger partial charge in [-0.15, -0.1) is 0 Å². The van der Waals surface area contributed by atoms with Crippen molar-refractivity contribution in [3.63, 3.8) is 0 Å². The molecule has 102 valence electrons. The first-order valence-corrected chi connectivity index (χ1v) is 6.11. The van der Waals surface area contributed by atoms with Crippen LogP contribution in [0.4, 0.5) is 0 Å². The lowest BCUT2D eigenvalue weighted by Crippen LogP contribution is -2.30. The number of nitrogens with zero attached hydrogens (tertiary/aromatic N) is 3. The predicted octanol–water partition coefficient (Wildman–Crippen LogP) is 2.72. The van der Waals surface area contributed by atoms with Crippen LogP contribution in [-0.2, 0) is 4.79 Å². The smallest absolute Gasteiger partial charge is 0.325 e. The highest BCUT2D eigenvalue weighted by molar-refractivity contribution is 5.76. The molecule has 2 N–H and O–H groups in total. The van der Waals surface area contributed by atoms with Gasteiger partial charge in [-0.25, -0.2) is 0 Å². The maximum atomic E-state index is 11.3. The topological polar surface area (TPSA) is 98.1 Å². The molecule has 19 heavy (non-hydrogen) atoms. The number of aliphatic carboxylic acids is 1. The number of carboxylic acids is 1. The average Bonchev–Trinajstić information content (AvgIpc) is 2.37. The summed E-state index contributed by atoms with van der Waals surface area (Å²) >= 11 is 0. The molecule has 0 aromatic heterocycles. The second kappa shape index (κ2) is 7.41. The zero-order valence-electron chi connectivity index (χ0n) is 11.1. The number of rotatable bonds is 7. The van der Waals surface area contributed by atoms with Crippen molar-refractivity contribution in [2.24, 2.45) is 5.11 Å². The molecule has 1 unspecified atom stereocenters.